The molecule has 144 valence electrons. The first-order valence-corrected chi connectivity index (χ1v) is 10.8. The number of nitrogens with zero attached hydrogens (tertiary/aromatic N) is 5. The molecule has 0 fully saturated rings. The van der Waals surface area contributed by atoms with Crippen LogP contribution < -0.4 is 5.32 Å². The zero-order valence-electron chi connectivity index (χ0n) is 16.1. The van der Waals surface area contributed by atoms with Crippen molar-refractivity contribution < 1.29 is 4.79 Å². The molecule has 0 atom stereocenters. The van der Waals surface area contributed by atoms with E-state index < -0.39 is 0 Å². The van der Waals surface area contributed by atoms with E-state index in [-0.39, 0.29) is 11.7 Å². The van der Waals surface area contributed by atoms with Crippen LogP contribution >= 0.6 is 23.1 Å². The third-order valence-corrected chi connectivity index (χ3v) is 6.32. The van der Waals surface area contributed by atoms with Gasteiger partial charge >= 0.3 is 0 Å². The van der Waals surface area contributed by atoms with Crippen molar-refractivity contribution in [1.82, 2.24) is 24.8 Å². The van der Waals surface area contributed by atoms with E-state index in [1.165, 1.54) is 28.7 Å². The molecule has 1 amide bonds. The number of carbonyl (C=O) groups excluding carboxylic acids is 1. The molecule has 3 aromatic heterocycles. The van der Waals surface area contributed by atoms with Gasteiger partial charge in [-0.3, -0.25) is 14.5 Å². The summed E-state index contributed by atoms with van der Waals surface area (Å²) in [5.41, 5.74) is 5.33. The summed E-state index contributed by atoms with van der Waals surface area (Å²) >= 11 is 2.76. The molecule has 0 radical (unpaired) electrons. The lowest BCUT2D eigenvalue weighted by Crippen LogP contribution is -2.14. The Morgan fingerprint density at radius 3 is 2.68 bits per heavy atom. The Morgan fingerprint density at radius 2 is 1.93 bits per heavy atom. The highest BCUT2D eigenvalue weighted by atomic mass is 32.2. The first-order valence-electron chi connectivity index (χ1n) is 8.97. The average Bonchev–Trinajstić information content (AvgIpc) is 3.26. The van der Waals surface area contributed by atoms with Crippen LogP contribution in [0.15, 0.2) is 23.4 Å². The number of anilines is 1. The van der Waals surface area contributed by atoms with E-state index in [2.05, 4.69) is 62.2 Å². The van der Waals surface area contributed by atoms with Crippen molar-refractivity contribution in [2.45, 2.75) is 39.3 Å². The predicted octanol–water partition coefficient (Wildman–Crippen LogP) is 3.95. The SMILES string of the molecule is CCc1nnc(NC(=O)CSc2nnc3c(C)cc4cc(C)cc(C)c4n23)s1. The fourth-order valence-corrected chi connectivity index (χ4v) is 4.69. The van der Waals surface area contributed by atoms with Gasteiger partial charge in [-0.15, -0.1) is 20.4 Å². The van der Waals surface area contributed by atoms with E-state index >= 15 is 0 Å². The summed E-state index contributed by atoms with van der Waals surface area (Å²) in [6, 6.07) is 6.46. The van der Waals surface area contributed by atoms with Crippen molar-refractivity contribution >= 4 is 50.7 Å². The quantitative estimate of drug-likeness (QED) is 0.500. The van der Waals surface area contributed by atoms with Gasteiger partial charge in [0.15, 0.2) is 10.8 Å². The maximum atomic E-state index is 12.3. The second-order valence-electron chi connectivity index (χ2n) is 6.68. The molecule has 0 saturated carbocycles. The van der Waals surface area contributed by atoms with Crippen LogP contribution in [-0.4, -0.2) is 36.5 Å². The molecule has 4 aromatic rings. The molecule has 0 spiro atoms. The fraction of sp³-hybridized carbons (Fsp3) is 0.316. The van der Waals surface area contributed by atoms with Crippen molar-refractivity contribution in [3.63, 3.8) is 0 Å². The Kier molecular flexibility index (Phi) is 5.03. The Morgan fingerprint density at radius 1 is 1.11 bits per heavy atom. The van der Waals surface area contributed by atoms with Crippen LogP contribution in [0, 0.1) is 20.8 Å². The minimum absolute atomic E-state index is 0.134. The van der Waals surface area contributed by atoms with Crippen LogP contribution in [0.4, 0.5) is 5.13 Å². The standard InChI is InChI=1S/C19H20N6OS2/c1-5-15-21-23-18(28-15)20-14(26)9-27-19-24-22-17-12(4)8-13-7-10(2)6-11(3)16(13)25(17)19/h6-8H,5,9H2,1-4H3,(H,20,23,26). The molecular formula is C19H20N6OS2. The highest BCUT2D eigenvalue weighted by molar-refractivity contribution is 7.99. The van der Waals surface area contributed by atoms with Gasteiger partial charge in [-0.2, -0.15) is 0 Å². The minimum atomic E-state index is -0.134. The summed E-state index contributed by atoms with van der Waals surface area (Å²) in [6.45, 7) is 8.22. The van der Waals surface area contributed by atoms with Crippen LogP contribution in [0.3, 0.4) is 0 Å². The van der Waals surface area contributed by atoms with Crippen molar-refractivity contribution in [2.24, 2.45) is 0 Å². The molecule has 0 saturated heterocycles. The molecular weight excluding hydrogens is 392 g/mol. The summed E-state index contributed by atoms with van der Waals surface area (Å²) < 4.78 is 2.05. The Balaban J connectivity index is 1.63. The number of nitrogens with one attached hydrogen (secondary N) is 1. The van der Waals surface area contributed by atoms with Gasteiger partial charge in [-0.05, 0) is 55.8 Å². The number of aromatic nitrogens is 5. The number of fused-ring (bicyclic) bond motifs is 3. The van der Waals surface area contributed by atoms with E-state index in [0.29, 0.717) is 10.3 Å². The van der Waals surface area contributed by atoms with Gasteiger partial charge in [-0.25, -0.2) is 0 Å². The maximum Gasteiger partial charge on any atom is 0.236 e. The molecule has 4 rings (SSSR count). The molecule has 28 heavy (non-hydrogen) atoms. The number of carbonyl (C=O) groups is 1. The first-order chi connectivity index (χ1) is 13.5. The summed E-state index contributed by atoms with van der Waals surface area (Å²) in [4.78, 5) is 12.3. The first kappa shape index (κ1) is 18.8. The van der Waals surface area contributed by atoms with Crippen LogP contribution in [0.25, 0.3) is 16.6 Å². The number of benzene rings is 1. The number of pyridine rings is 1. The van der Waals surface area contributed by atoms with Gasteiger partial charge in [0, 0.05) is 0 Å². The molecule has 7 nitrogen and oxygen atoms in total. The predicted molar refractivity (Wildman–Crippen MR) is 113 cm³/mol. The molecule has 9 heteroatoms. The van der Waals surface area contributed by atoms with Crippen LogP contribution in [0.1, 0.15) is 28.6 Å². The third kappa shape index (κ3) is 3.47. The topological polar surface area (TPSA) is 85.1 Å². The monoisotopic (exact) mass is 412 g/mol. The lowest BCUT2D eigenvalue weighted by molar-refractivity contribution is -0.113. The van der Waals surface area contributed by atoms with E-state index in [1.54, 1.807) is 0 Å². The number of thioether (sulfide) groups is 1. The van der Waals surface area contributed by atoms with Crippen molar-refractivity contribution in [1.29, 1.82) is 0 Å². The summed E-state index contributed by atoms with van der Waals surface area (Å²) in [5.74, 6) is 0.0902. The minimum Gasteiger partial charge on any atom is -0.300 e. The maximum absolute atomic E-state index is 12.3. The van der Waals surface area contributed by atoms with Gasteiger partial charge in [0.2, 0.25) is 11.0 Å². The Labute approximate surface area is 170 Å². The second kappa shape index (κ2) is 7.48. The summed E-state index contributed by atoms with van der Waals surface area (Å²) in [6.07, 6.45) is 0.805. The van der Waals surface area contributed by atoms with Crippen LogP contribution in [0.2, 0.25) is 0 Å². The summed E-state index contributed by atoms with van der Waals surface area (Å²) in [5, 5.41) is 22.8. The number of hydrogen-bond donors (Lipinski definition) is 1. The van der Waals surface area contributed by atoms with Gasteiger partial charge in [0.1, 0.15) is 5.01 Å². The molecule has 0 bridgehead atoms. The zero-order chi connectivity index (χ0) is 19.8. The Hall–Kier alpha value is -2.52. The molecule has 1 aromatic carbocycles. The molecule has 3 heterocycles. The van der Waals surface area contributed by atoms with Gasteiger partial charge in [-0.1, -0.05) is 41.7 Å². The van der Waals surface area contributed by atoms with Crippen LogP contribution in [-0.2, 0) is 11.2 Å². The zero-order valence-corrected chi connectivity index (χ0v) is 17.7. The lowest BCUT2D eigenvalue weighted by Gasteiger charge is -2.10. The van der Waals surface area contributed by atoms with Gasteiger partial charge in [0.25, 0.3) is 0 Å². The number of aryl methyl sites for hydroxylation is 4. The van der Waals surface area contributed by atoms with Crippen molar-refractivity contribution in [3.8, 4) is 0 Å². The van der Waals surface area contributed by atoms with E-state index in [1.807, 2.05) is 13.8 Å². The fourth-order valence-electron chi connectivity index (χ4n) is 3.26. The van der Waals surface area contributed by atoms with E-state index in [9.17, 15) is 4.79 Å². The third-order valence-electron chi connectivity index (χ3n) is 4.40. The number of rotatable bonds is 5. The molecule has 1 N–H and O–H groups in total. The highest BCUT2D eigenvalue weighted by Crippen LogP contribution is 2.28. The molecule has 0 aliphatic heterocycles. The van der Waals surface area contributed by atoms with E-state index in [4.69, 9.17) is 0 Å². The normalized spacial score (nSPS) is 11.4. The highest BCUT2D eigenvalue weighted by Gasteiger charge is 2.16. The van der Waals surface area contributed by atoms with Gasteiger partial charge in [0.05, 0.1) is 11.3 Å². The van der Waals surface area contributed by atoms with Crippen LogP contribution in [0.5, 0.6) is 0 Å². The average molecular weight is 413 g/mol. The molecule has 0 aliphatic rings. The second-order valence-corrected chi connectivity index (χ2v) is 8.68. The summed E-state index contributed by atoms with van der Waals surface area (Å²) in [7, 11) is 0. The van der Waals surface area contributed by atoms with Gasteiger partial charge < -0.3 is 0 Å². The number of amides is 1. The number of hydrogen-bond acceptors (Lipinski definition) is 7. The largest absolute Gasteiger partial charge is 0.300 e. The Bertz CT molecular complexity index is 1200. The smallest absolute Gasteiger partial charge is 0.236 e. The molecule has 0 unspecified atom stereocenters. The lowest BCUT2D eigenvalue weighted by atomic mass is 10.1. The van der Waals surface area contributed by atoms with Crippen molar-refractivity contribution in [2.75, 3.05) is 11.1 Å². The van der Waals surface area contributed by atoms with E-state index in [0.717, 1.165) is 39.1 Å². The molecule has 0 aliphatic carbocycles. The van der Waals surface area contributed by atoms with Crippen molar-refractivity contribution in [3.05, 3.63) is 39.9 Å².